The minimum atomic E-state index is -4.79. The Morgan fingerprint density at radius 2 is 1.38 bits per heavy atom. The van der Waals surface area contributed by atoms with Gasteiger partial charge in [-0.1, -0.05) is 63.9 Å². The van der Waals surface area contributed by atoms with Crippen LogP contribution in [0.5, 0.6) is 0 Å². The summed E-state index contributed by atoms with van der Waals surface area (Å²) >= 11 is 9.43. The molecule has 0 unspecified atom stereocenters. The Balaban J connectivity index is 2.02. The van der Waals surface area contributed by atoms with Crippen LogP contribution in [-0.2, 0) is 52.8 Å². The van der Waals surface area contributed by atoms with E-state index < -0.39 is 60.3 Å². The van der Waals surface area contributed by atoms with Crippen molar-refractivity contribution in [3.63, 3.8) is 0 Å². The Morgan fingerprint density at radius 3 is 1.91 bits per heavy atom. The Bertz CT molecular complexity index is 1630. The maximum atomic E-state index is 14.2. The molecule has 3 aromatic carbocycles. The molecule has 0 amide bonds. The summed E-state index contributed by atoms with van der Waals surface area (Å²) in [5.74, 6) is -1.31. The average Bonchev–Trinajstić information content (AvgIpc) is 2.94. The zero-order valence-electron chi connectivity index (χ0n) is 25.4. The highest BCUT2D eigenvalue weighted by Crippen LogP contribution is 2.51. The van der Waals surface area contributed by atoms with Crippen LogP contribution in [0.25, 0.3) is 10.8 Å². The number of carbonyl (C=O) groups is 2. The highest BCUT2D eigenvalue weighted by Gasteiger charge is 2.39. The largest absolute Gasteiger partial charge is 0.435 e. The summed E-state index contributed by atoms with van der Waals surface area (Å²) < 4.78 is 63.8. The van der Waals surface area contributed by atoms with E-state index in [0.717, 1.165) is 4.31 Å². The van der Waals surface area contributed by atoms with Gasteiger partial charge in [-0.15, -0.1) is 9.35 Å². The highest BCUT2D eigenvalue weighted by molar-refractivity contribution is 9.10. The van der Waals surface area contributed by atoms with E-state index in [4.69, 9.17) is 40.2 Å². The first-order chi connectivity index (χ1) is 20.8. The van der Waals surface area contributed by atoms with E-state index in [1.165, 1.54) is 24.3 Å². The van der Waals surface area contributed by atoms with Gasteiger partial charge in [-0.2, -0.15) is 9.78 Å². The number of halogens is 2. The Hall–Kier alpha value is -2.55. The lowest BCUT2D eigenvalue weighted by Gasteiger charge is -2.28. The number of fused-ring (bicyclic) bond motifs is 1. The van der Waals surface area contributed by atoms with E-state index in [-0.39, 0.29) is 15.6 Å². The zero-order chi connectivity index (χ0) is 33.6. The maximum Gasteiger partial charge on any atom is 0.404 e. The van der Waals surface area contributed by atoms with Gasteiger partial charge in [-0.25, -0.2) is 8.42 Å². The van der Waals surface area contributed by atoms with E-state index >= 15 is 0 Å². The van der Waals surface area contributed by atoms with Crippen molar-refractivity contribution in [1.82, 2.24) is 0 Å². The number of hydrogen-bond donors (Lipinski definition) is 0. The Labute approximate surface area is 275 Å². The molecule has 0 bridgehead atoms. The standard InChI is InChI=1S/C29H34BrClNO11PS/c1-28(2,3)26(33)38-18-40-42-44(35,43-41-19-39-27(34)29(4,5)6)17-32(25-13-9-11-20-10-7-8-12-24(20)25)45(36,37)23-15-21(30)14-22(31)16-23/h7-16H,17-19H2,1-6H3. The summed E-state index contributed by atoms with van der Waals surface area (Å²) in [6.45, 7) is 8.03. The quantitative estimate of drug-likeness (QED) is 0.0426. The third-order valence-electron chi connectivity index (χ3n) is 5.79. The smallest absolute Gasteiger partial charge is 0.404 e. The molecule has 0 saturated heterocycles. The van der Waals surface area contributed by atoms with Crippen LogP contribution >= 0.6 is 35.1 Å². The van der Waals surface area contributed by atoms with Gasteiger partial charge in [0.1, 0.15) is 6.29 Å². The number of carbonyl (C=O) groups excluding carboxylic acids is 2. The molecular formula is C29H34BrClNO11PS. The minimum absolute atomic E-state index is 0.106. The molecule has 0 heterocycles. The summed E-state index contributed by atoms with van der Waals surface area (Å²) in [4.78, 5) is 33.9. The van der Waals surface area contributed by atoms with E-state index in [2.05, 4.69) is 15.9 Å². The fourth-order valence-corrected chi connectivity index (χ4v) is 7.85. The summed E-state index contributed by atoms with van der Waals surface area (Å²) in [5, 5.41) is 1.27. The van der Waals surface area contributed by atoms with Crippen molar-refractivity contribution in [3.8, 4) is 0 Å². The first-order valence-corrected chi connectivity index (χ1v) is 17.7. The number of nitrogens with zero attached hydrogens (tertiary/aromatic N) is 1. The molecule has 0 atom stereocenters. The van der Waals surface area contributed by atoms with Gasteiger partial charge in [0, 0.05) is 14.9 Å². The van der Waals surface area contributed by atoms with E-state index in [0.29, 0.717) is 15.2 Å². The average molecular weight is 751 g/mol. The molecule has 0 spiro atoms. The van der Waals surface area contributed by atoms with E-state index in [9.17, 15) is 22.6 Å². The number of esters is 2. The van der Waals surface area contributed by atoms with Crippen molar-refractivity contribution in [2.24, 2.45) is 10.8 Å². The third kappa shape index (κ3) is 10.2. The second-order valence-corrected chi connectivity index (χ2v) is 16.7. The van der Waals surface area contributed by atoms with Crippen LogP contribution in [0, 0.1) is 10.8 Å². The summed E-state index contributed by atoms with van der Waals surface area (Å²) in [5.41, 5.74) is -1.66. The molecule has 12 nitrogen and oxygen atoms in total. The second-order valence-electron chi connectivity index (χ2n) is 11.7. The van der Waals surface area contributed by atoms with Crippen molar-refractivity contribution in [2.75, 3.05) is 24.2 Å². The van der Waals surface area contributed by atoms with Crippen molar-refractivity contribution < 1.29 is 51.2 Å². The predicted octanol–water partition coefficient (Wildman–Crippen LogP) is 7.59. The van der Waals surface area contributed by atoms with Crippen molar-refractivity contribution in [2.45, 2.75) is 46.4 Å². The first kappa shape index (κ1) is 36.9. The SMILES string of the molecule is CC(C)(C)C(=O)OCOOP(=O)(CN(c1cccc2ccccc12)S(=O)(=O)c1cc(Cl)cc(Br)c1)OOCOC(=O)C(C)(C)C. The molecule has 0 N–H and O–H groups in total. The molecule has 3 aromatic rings. The molecule has 0 aliphatic heterocycles. The number of benzene rings is 3. The molecule has 45 heavy (non-hydrogen) atoms. The first-order valence-electron chi connectivity index (χ1n) is 13.4. The van der Waals surface area contributed by atoms with Gasteiger partial charge in [-0.3, -0.25) is 18.5 Å². The molecule has 246 valence electrons. The molecule has 0 saturated carbocycles. The lowest BCUT2D eigenvalue weighted by atomic mass is 9.98. The van der Waals surface area contributed by atoms with Crippen molar-refractivity contribution in [3.05, 3.63) is 70.2 Å². The van der Waals surface area contributed by atoms with Crippen LogP contribution in [0.1, 0.15) is 41.5 Å². The van der Waals surface area contributed by atoms with Gasteiger partial charge < -0.3 is 9.47 Å². The molecule has 0 aliphatic rings. The number of ether oxygens (including phenoxy) is 2. The summed E-state index contributed by atoms with van der Waals surface area (Å²) in [6.07, 6.45) is -1.01. The Morgan fingerprint density at radius 1 is 0.844 bits per heavy atom. The molecular weight excluding hydrogens is 717 g/mol. The molecule has 0 fully saturated rings. The van der Waals surface area contributed by atoms with E-state index in [1.807, 2.05) is 0 Å². The van der Waals surface area contributed by atoms with Crippen molar-refractivity contribution in [1.29, 1.82) is 0 Å². The minimum Gasteiger partial charge on any atom is -0.435 e. The van der Waals surface area contributed by atoms with Gasteiger partial charge in [0.05, 0.1) is 21.4 Å². The van der Waals surface area contributed by atoms with Crippen LogP contribution in [0.4, 0.5) is 5.69 Å². The van der Waals surface area contributed by atoms with Gasteiger partial charge in [-0.05, 0) is 71.2 Å². The zero-order valence-corrected chi connectivity index (χ0v) is 29.5. The highest BCUT2D eigenvalue weighted by atomic mass is 79.9. The maximum absolute atomic E-state index is 14.2. The topological polar surface area (TPSA) is 144 Å². The monoisotopic (exact) mass is 749 g/mol. The molecule has 0 radical (unpaired) electrons. The molecule has 0 aromatic heterocycles. The normalized spacial score (nSPS) is 12.6. The summed E-state index contributed by atoms with van der Waals surface area (Å²) in [7, 11) is -9.33. The molecule has 0 aliphatic carbocycles. The number of hydrogen-bond acceptors (Lipinski definition) is 11. The van der Waals surface area contributed by atoms with Gasteiger partial charge in [0.2, 0.25) is 13.6 Å². The fraction of sp³-hybridized carbons (Fsp3) is 0.379. The van der Waals surface area contributed by atoms with Crippen molar-refractivity contribution >= 4 is 73.5 Å². The fourth-order valence-electron chi connectivity index (χ4n) is 3.52. The molecule has 16 heteroatoms. The van der Waals surface area contributed by atoms with Crippen LogP contribution in [0.3, 0.4) is 0 Å². The second kappa shape index (κ2) is 14.9. The molecule has 3 rings (SSSR count). The van der Waals surface area contributed by atoms with E-state index in [1.54, 1.807) is 77.9 Å². The number of rotatable bonds is 13. The number of anilines is 1. The summed E-state index contributed by atoms with van der Waals surface area (Å²) in [6, 6.07) is 15.9. The third-order valence-corrected chi connectivity index (χ3v) is 9.69. The van der Waals surface area contributed by atoms with Gasteiger partial charge >= 0.3 is 19.5 Å². The lowest BCUT2D eigenvalue weighted by Crippen LogP contribution is -2.33. The predicted molar refractivity (Wildman–Crippen MR) is 170 cm³/mol. The Kier molecular flexibility index (Phi) is 12.2. The van der Waals surface area contributed by atoms with Crippen LogP contribution in [-0.4, -0.2) is 40.2 Å². The van der Waals surface area contributed by atoms with Gasteiger partial charge in [0.25, 0.3) is 10.0 Å². The van der Waals surface area contributed by atoms with Crippen LogP contribution < -0.4 is 4.31 Å². The van der Waals surface area contributed by atoms with Crippen LogP contribution in [0.15, 0.2) is 70.0 Å². The van der Waals surface area contributed by atoms with Crippen LogP contribution in [0.2, 0.25) is 5.02 Å². The number of sulfonamides is 1. The lowest BCUT2D eigenvalue weighted by molar-refractivity contribution is -0.309. The van der Waals surface area contributed by atoms with Gasteiger partial charge in [0.15, 0.2) is 0 Å².